The number of hydrogen-bond donors (Lipinski definition) is 0. The Bertz CT molecular complexity index is 977. The largest absolute Gasteiger partial charge is 0.465 e. The monoisotopic (exact) mass is 542 g/mol. The van der Waals surface area contributed by atoms with E-state index in [4.69, 9.17) is 15.3 Å². The quantitative estimate of drug-likeness (QED) is 0.328. The number of halogens is 1. The van der Waals surface area contributed by atoms with Crippen LogP contribution >= 0.6 is 15.9 Å². The molecule has 2 saturated carbocycles. The molecule has 0 saturated heterocycles. The van der Waals surface area contributed by atoms with Gasteiger partial charge < -0.3 is 4.74 Å². The summed E-state index contributed by atoms with van der Waals surface area (Å²) in [5.74, 6) is 1.66. The lowest BCUT2D eigenvalue weighted by molar-refractivity contribution is -0.143. The number of hydrogen-bond acceptors (Lipinski definition) is 8. The summed E-state index contributed by atoms with van der Waals surface area (Å²) in [5.41, 5.74) is 1.42. The van der Waals surface area contributed by atoms with Gasteiger partial charge in [0.25, 0.3) is 0 Å². The minimum absolute atomic E-state index is 0. The van der Waals surface area contributed by atoms with Crippen LogP contribution in [0.25, 0.3) is 0 Å². The third kappa shape index (κ3) is 11.4. The number of nitrogens with zero attached hydrogens (tertiary/aromatic N) is 6. The van der Waals surface area contributed by atoms with Crippen LogP contribution in [-0.2, 0) is 9.53 Å². The topological polar surface area (TPSA) is 125 Å². The maximum Gasteiger partial charge on any atom is 0.328 e. The van der Waals surface area contributed by atoms with Crippen LogP contribution < -0.4 is 0 Å². The van der Waals surface area contributed by atoms with Crippen molar-refractivity contribution in [2.24, 2.45) is 11.8 Å². The zero-order valence-corrected chi connectivity index (χ0v) is 21.5. The Morgan fingerprint density at radius 2 is 1.46 bits per heavy atom. The van der Waals surface area contributed by atoms with E-state index in [0.29, 0.717) is 11.4 Å². The lowest BCUT2D eigenvalue weighted by Crippen LogP contribution is -2.15. The van der Waals surface area contributed by atoms with Crippen LogP contribution in [0.2, 0.25) is 0 Å². The molecule has 0 aromatic carbocycles. The van der Waals surface area contributed by atoms with Crippen LogP contribution in [0, 0.1) is 48.3 Å². The van der Waals surface area contributed by atoms with Crippen molar-refractivity contribution in [2.75, 3.05) is 11.9 Å². The molecule has 2 atom stereocenters. The van der Waals surface area contributed by atoms with Gasteiger partial charge in [-0.1, -0.05) is 36.2 Å². The van der Waals surface area contributed by atoms with E-state index in [2.05, 4.69) is 41.9 Å². The van der Waals surface area contributed by atoms with Gasteiger partial charge in [-0.25, -0.2) is 19.9 Å². The molecular formula is C26H35BrN6O2. The van der Waals surface area contributed by atoms with Crippen molar-refractivity contribution in [1.82, 2.24) is 19.9 Å². The zero-order valence-electron chi connectivity index (χ0n) is 19.9. The molecule has 2 aliphatic carbocycles. The Morgan fingerprint density at radius 1 is 0.971 bits per heavy atom. The SMILES string of the molecule is BrCC1CC1.C.CCOC(=O)C(C#N)c1cnc(C)nc1.Cc1ncc(C(C#N)CC2CC2)cn1. The van der Waals surface area contributed by atoms with E-state index >= 15 is 0 Å². The van der Waals surface area contributed by atoms with Crippen molar-refractivity contribution >= 4 is 21.9 Å². The predicted octanol–water partition coefficient (Wildman–Crippen LogP) is 5.58. The lowest BCUT2D eigenvalue weighted by Gasteiger charge is -2.07. The molecule has 2 aromatic heterocycles. The summed E-state index contributed by atoms with van der Waals surface area (Å²) < 4.78 is 4.76. The van der Waals surface area contributed by atoms with Gasteiger partial charge in [-0.2, -0.15) is 10.5 Å². The number of nitriles is 2. The molecule has 2 aromatic rings. The Balaban J connectivity index is 0.000000285. The average molecular weight is 544 g/mol. The van der Waals surface area contributed by atoms with Gasteiger partial charge in [0.1, 0.15) is 11.6 Å². The molecule has 188 valence electrons. The van der Waals surface area contributed by atoms with Gasteiger partial charge in [0.05, 0.1) is 24.7 Å². The first-order valence-electron chi connectivity index (χ1n) is 11.5. The highest BCUT2D eigenvalue weighted by Gasteiger charge is 2.26. The Hall–Kier alpha value is -2.91. The van der Waals surface area contributed by atoms with Crippen molar-refractivity contribution in [1.29, 1.82) is 10.5 Å². The molecule has 35 heavy (non-hydrogen) atoms. The molecule has 2 heterocycles. The third-order valence-electron chi connectivity index (χ3n) is 5.33. The Labute approximate surface area is 217 Å². The Morgan fingerprint density at radius 3 is 1.80 bits per heavy atom. The third-order valence-corrected chi connectivity index (χ3v) is 6.24. The summed E-state index contributed by atoms with van der Waals surface area (Å²) >= 11 is 3.38. The van der Waals surface area contributed by atoms with Crippen LogP contribution in [0.1, 0.15) is 81.1 Å². The molecule has 0 aliphatic heterocycles. The van der Waals surface area contributed by atoms with E-state index in [-0.39, 0.29) is 20.0 Å². The molecule has 4 rings (SSSR count). The molecule has 2 aliphatic rings. The van der Waals surface area contributed by atoms with Gasteiger partial charge in [-0.3, -0.25) is 4.79 Å². The van der Waals surface area contributed by atoms with Gasteiger partial charge in [0.2, 0.25) is 0 Å². The Kier molecular flexibility index (Phi) is 13.7. The molecule has 2 unspecified atom stereocenters. The maximum absolute atomic E-state index is 11.4. The smallest absolute Gasteiger partial charge is 0.328 e. The number of esters is 1. The first kappa shape index (κ1) is 30.1. The highest BCUT2D eigenvalue weighted by atomic mass is 79.9. The second kappa shape index (κ2) is 15.9. The first-order chi connectivity index (χ1) is 16.4. The minimum atomic E-state index is -0.939. The van der Waals surface area contributed by atoms with Gasteiger partial charge in [-0.15, -0.1) is 0 Å². The van der Waals surface area contributed by atoms with Crippen LogP contribution in [0.5, 0.6) is 0 Å². The molecule has 0 bridgehead atoms. The maximum atomic E-state index is 11.4. The normalized spacial score (nSPS) is 15.3. The predicted molar refractivity (Wildman–Crippen MR) is 137 cm³/mol. The number of ether oxygens (including phenoxy) is 1. The first-order valence-corrected chi connectivity index (χ1v) is 12.6. The summed E-state index contributed by atoms with van der Waals surface area (Å²) in [6, 6.07) is 4.20. The van der Waals surface area contributed by atoms with E-state index in [9.17, 15) is 4.79 Å². The fraction of sp³-hybridized carbons (Fsp3) is 0.577. The van der Waals surface area contributed by atoms with Crippen molar-refractivity contribution in [2.45, 2.75) is 72.1 Å². The minimum Gasteiger partial charge on any atom is -0.465 e. The van der Waals surface area contributed by atoms with Crippen LogP contribution in [0.15, 0.2) is 24.8 Å². The van der Waals surface area contributed by atoms with Gasteiger partial charge in [0.15, 0.2) is 5.92 Å². The van der Waals surface area contributed by atoms with Gasteiger partial charge in [-0.05, 0) is 51.9 Å². The van der Waals surface area contributed by atoms with Crippen molar-refractivity contribution in [3.05, 3.63) is 47.6 Å². The van der Waals surface area contributed by atoms with Crippen LogP contribution in [-0.4, -0.2) is 37.8 Å². The molecular weight excluding hydrogens is 508 g/mol. The summed E-state index contributed by atoms with van der Waals surface area (Å²) in [7, 11) is 0. The van der Waals surface area contributed by atoms with E-state index in [0.717, 1.165) is 29.6 Å². The summed E-state index contributed by atoms with van der Waals surface area (Å²) in [6.07, 6.45) is 13.0. The number of aryl methyl sites for hydroxylation is 2. The molecule has 0 N–H and O–H groups in total. The molecule has 0 amide bonds. The number of carbonyl (C=O) groups is 1. The van der Waals surface area contributed by atoms with Crippen molar-refractivity contribution < 1.29 is 9.53 Å². The molecule has 0 spiro atoms. The average Bonchev–Trinajstić information content (AvgIpc) is 3.76. The van der Waals surface area contributed by atoms with Crippen LogP contribution in [0.3, 0.4) is 0 Å². The fourth-order valence-corrected chi connectivity index (χ4v) is 3.49. The second-order valence-electron chi connectivity index (χ2n) is 8.40. The highest BCUT2D eigenvalue weighted by molar-refractivity contribution is 9.09. The standard InChI is InChI=1S/C11H13N3.C10H11N3O2.C4H7Br.CH4/c1-8-13-6-11(7-14-8)10(5-12)4-9-2-3-9;1-3-15-10(14)9(4-11)8-5-12-7(2)13-6-8;5-3-4-1-2-4;/h6-7,9-10H,2-4H2,1H3;5-6,9H,3H2,1-2H3;4H,1-3H2;1H4. The number of rotatable bonds is 7. The highest BCUT2D eigenvalue weighted by Crippen LogP contribution is 2.38. The number of aromatic nitrogens is 4. The molecule has 2 fully saturated rings. The van der Waals surface area contributed by atoms with E-state index < -0.39 is 11.9 Å². The number of alkyl halides is 1. The van der Waals surface area contributed by atoms with Crippen molar-refractivity contribution in [3.63, 3.8) is 0 Å². The summed E-state index contributed by atoms with van der Waals surface area (Å²) in [5, 5.41) is 19.1. The van der Waals surface area contributed by atoms with E-state index in [1.165, 1.54) is 43.4 Å². The number of carbonyl (C=O) groups excluding carboxylic acids is 1. The van der Waals surface area contributed by atoms with E-state index in [1.54, 1.807) is 26.2 Å². The summed E-state index contributed by atoms with van der Waals surface area (Å²) in [4.78, 5) is 27.4. The molecule has 9 heteroatoms. The molecule has 0 radical (unpaired) electrons. The van der Waals surface area contributed by atoms with Gasteiger partial charge >= 0.3 is 5.97 Å². The fourth-order valence-electron chi connectivity index (χ4n) is 2.85. The van der Waals surface area contributed by atoms with E-state index in [1.807, 2.05) is 13.0 Å². The molecule has 8 nitrogen and oxygen atoms in total. The van der Waals surface area contributed by atoms with Crippen LogP contribution in [0.4, 0.5) is 0 Å². The summed E-state index contributed by atoms with van der Waals surface area (Å²) in [6.45, 7) is 5.53. The lowest BCUT2D eigenvalue weighted by atomic mass is 9.97. The second-order valence-corrected chi connectivity index (χ2v) is 9.05. The zero-order chi connectivity index (χ0) is 24.9. The van der Waals surface area contributed by atoms with Crippen molar-refractivity contribution in [3.8, 4) is 12.1 Å². The van der Waals surface area contributed by atoms with Gasteiger partial charge in [0, 0.05) is 41.2 Å².